The zero-order valence-electron chi connectivity index (χ0n) is 14.5. The molecule has 0 aromatic heterocycles. The molecular formula is C17H19ClN2O5S. The molecule has 2 aromatic carbocycles. The summed E-state index contributed by atoms with van der Waals surface area (Å²) in [5.41, 5.74) is 0.556. The quantitative estimate of drug-likeness (QED) is 0.744. The van der Waals surface area contributed by atoms with Crippen LogP contribution in [0.25, 0.3) is 0 Å². The van der Waals surface area contributed by atoms with Crippen molar-refractivity contribution in [1.29, 1.82) is 0 Å². The van der Waals surface area contributed by atoms with Crippen LogP contribution < -0.4 is 19.5 Å². The number of rotatable bonds is 7. The molecule has 1 amide bonds. The molecule has 9 heteroatoms. The largest absolute Gasteiger partial charge is 0.495 e. The van der Waals surface area contributed by atoms with Gasteiger partial charge in [0.15, 0.2) is 0 Å². The van der Waals surface area contributed by atoms with Gasteiger partial charge >= 0.3 is 0 Å². The first-order valence-electron chi connectivity index (χ1n) is 7.65. The molecule has 0 unspecified atom stereocenters. The van der Waals surface area contributed by atoms with Gasteiger partial charge in [0, 0.05) is 6.42 Å². The minimum absolute atomic E-state index is 0.0309. The van der Waals surface area contributed by atoms with Gasteiger partial charge in [-0.05, 0) is 36.4 Å². The molecule has 0 spiro atoms. The monoisotopic (exact) mass is 398 g/mol. The van der Waals surface area contributed by atoms with Crippen LogP contribution in [0.3, 0.4) is 0 Å². The lowest BCUT2D eigenvalue weighted by Crippen LogP contribution is -2.15. The van der Waals surface area contributed by atoms with Gasteiger partial charge in [0.1, 0.15) is 11.5 Å². The fraction of sp³-hybridized carbons (Fsp3) is 0.235. The van der Waals surface area contributed by atoms with Gasteiger partial charge in [-0.25, -0.2) is 8.42 Å². The van der Waals surface area contributed by atoms with E-state index in [0.29, 0.717) is 11.5 Å². The minimum atomic E-state index is -3.90. The SMILES string of the molecule is CCC(=O)Nc1cc(S(=O)(=O)Nc2ccc(OC)c(Cl)c2)ccc1OC. The lowest BCUT2D eigenvalue weighted by Gasteiger charge is -2.13. The highest BCUT2D eigenvalue weighted by molar-refractivity contribution is 7.92. The third kappa shape index (κ3) is 4.59. The molecule has 0 heterocycles. The maximum absolute atomic E-state index is 12.6. The van der Waals surface area contributed by atoms with Gasteiger partial charge in [-0.3, -0.25) is 9.52 Å². The molecule has 7 nitrogen and oxygen atoms in total. The van der Waals surface area contributed by atoms with Crippen LogP contribution in [-0.2, 0) is 14.8 Å². The molecule has 0 atom stereocenters. The van der Waals surface area contributed by atoms with Crippen molar-refractivity contribution in [2.24, 2.45) is 0 Å². The number of anilines is 2. The second-order valence-electron chi connectivity index (χ2n) is 5.22. The van der Waals surface area contributed by atoms with Crippen molar-refractivity contribution in [1.82, 2.24) is 0 Å². The van der Waals surface area contributed by atoms with Crippen LogP contribution in [-0.4, -0.2) is 28.5 Å². The van der Waals surface area contributed by atoms with Crippen LogP contribution in [0.1, 0.15) is 13.3 Å². The molecule has 0 aliphatic carbocycles. The zero-order chi connectivity index (χ0) is 19.3. The van der Waals surface area contributed by atoms with E-state index in [0.717, 1.165) is 0 Å². The van der Waals surface area contributed by atoms with Gasteiger partial charge in [0.2, 0.25) is 5.91 Å². The van der Waals surface area contributed by atoms with Crippen LogP contribution in [0.5, 0.6) is 11.5 Å². The van der Waals surface area contributed by atoms with E-state index in [-0.39, 0.29) is 33.6 Å². The Morgan fingerprint density at radius 1 is 1.08 bits per heavy atom. The Hall–Kier alpha value is -2.45. The Bertz CT molecular complexity index is 915. The van der Waals surface area contributed by atoms with Crippen LogP contribution >= 0.6 is 11.6 Å². The molecule has 2 rings (SSSR count). The summed E-state index contributed by atoms with van der Waals surface area (Å²) in [5.74, 6) is 0.537. The standard InChI is InChI=1S/C17H19ClN2O5S/c1-4-17(21)19-14-10-12(6-8-16(14)25-3)26(22,23)20-11-5-7-15(24-2)13(18)9-11/h5-10,20H,4H2,1-3H3,(H,19,21). The van der Waals surface area contributed by atoms with Crippen molar-refractivity contribution in [2.75, 3.05) is 24.3 Å². The molecule has 0 radical (unpaired) electrons. The summed E-state index contributed by atoms with van der Waals surface area (Å²) in [7, 11) is -0.996. The molecule has 0 fully saturated rings. The van der Waals surface area contributed by atoms with E-state index in [2.05, 4.69) is 10.0 Å². The van der Waals surface area contributed by atoms with E-state index in [1.54, 1.807) is 13.0 Å². The highest BCUT2D eigenvalue weighted by atomic mass is 35.5. The summed E-state index contributed by atoms with van der Waals surface area (Å²) in [4.78, 5) is 11.6. The average Bonchev–Trinajstić information content (AvgIpc) is 2.61. The van der Waals surface area contributed by atoms with Crippen molar-refractivity contribution >= 4 is 38.9 Å². The number of carbonyl (C=O) groups is 1. The van der Waals surface area contributed by atoms with Gasteiger partial charge in [0.25, 0.3) is 10.0 Å². The van der Waals surface area contributed by atoms with Crippen LogP contribution in [0, 0.1) is 0 Å². The Morgan fingerprint density at radius 2 is 1.73 bits per heavy atom. The fourth-order valence-electron chi connectivity index (χ4n) is 2.13. The van der Waals surface area contributed by atoms with Gasteiger partial charge in [-0.1, -0.05) is 18.5 Å². The molecular weight excluding hydrogens is 380 g/mol. The Labute approximate surface area is 157 Å². The molecule has 2 N–H and O–H groups in total. The van der Waals surface area contributed by atoms with Crippen molar-refractivity contribution in [3.63, 3.8) is 0 Å². The highest BCUT2D eigenvalue weighted by Crippen LogP contribution is 2.31. The number of hydrogen-bond donors (Lipinski definition) is 2. The molecule has 0 aliphatic rings. The van der Waals surface area contributed by atoms with E-state index >= 15 is 0 Å². The van der Waals surface area contributed by atoms with E-state index in [1.165, 1.54) is 44.6 Å². The van der Waals surface area contributed by atoms with Crippen molar-refractivity contribution in [2.45, 2.75) is 18.2 Å². The minimum Gasteiger partial charge on any atom is -0.495 e. The maximum Gasteiger partial charge on any atom is 0.261 e. The summed E-state index contributed by atoms with van der Waals surface area (Å²) in [6, 6.07) is 8.72. The predicted molar refractivity (Wildman–Crippen MR) is 101 cm³/mol. The third-order valence-corrected chi connectivity index (χ3v) is 5.15. The first-order chi connectivity index (χ1) is 12.3. The molecule has 0 aliphatic heterocycles. The Kier molecular flexibility index (Phi) is 6.33. The van der Waals surface area contributed by atoms with E-state index in [9.17, 15) is 13.2 Å². The summed E-state index contributed by atoms with van der Waals surface area (Å²) >= 11 is 6.02. The van der Waals surface area contributed by atoms with E-state index in [4.69, 9.17) is 21.1 Å². The summed E-state index contributed by atoms with van der Waals surface area (Å²) in [6.07, 6.45) is 0.253. The van der Waals surface area contributed by atoms with Gasteiger partial charge in [-0.2, -0.15) is 0 Å². The molecule has 2 aromatic rings. The first kappa shape index (κ1) is 19.9. The lowest BCUT2D eigenvalue weighted by atomic mass is 10.3. The molecule has 0 saturated carbocycles. The fourth-order valence-corrected chi connectivity index (χ4v) is 3.47. The second kappa shape index (κ2) is 8.29. The van der Waals surface area contributed by atoms with Crippen LogP contribution in [0.2, 0.25) is 5.02 Å². The van der Waals surface area contributed by atoms with Crippen molar-refractivity contribution in [3.8, 4) is 11.5 Å². The number of nitrogens with one attached hydrogen (secondary N) is 2. The van der Waals surface area contributed by atoms with Gasteiger partial charge in [-0.15, -0.1) is 0 Å². The topological polar surface area (TPSA) is 93.7 Å². The number of ether oxygens (including phenoxy) is 2. The number of benzene rings is 2. The van der Waals surface area contributed by atoms with Crippen molar-refractivity contribution in [3.05, 3.63) is 41.4 Å². The summed E-state index contributed by atoms with van der Waals surface area (Å²) < 4.78 is 37.9. The average molecular weight is 399 g/mol. The van der Waals surface area contributed by atoms with Gasteiger partial charge in [0.05, 0.1) is 35.5 Å². The zero-order valence-corrected chi connectivity index (χ0v) is 16.1. The number of sulfonamides is 1. The molecule has 26 heavy (non-hydrogen) atoms. The number of hydrogen-bond acceptors (Lipinski definition) is 5. The lowest BCUT2D eigenvalue weighted by molar-refractivity contribution is -0.115. The smallest absolute Gasteiger partial charge is 0.261 e. The van der Waals surface area contributed by atoms with Crippen LogP contribution in [0.4, 0.5) is 11.4 Å². The predicted octanol–water partition coefficient (Wildman–Crippen LogP) is 3.51. The number of carbonyl (C=O) groups excluding carboxylic acids is 1. The molecule has 140 valence electrons. The van der Waals surface area contributed by atoms with Crippen molar-refractivity contribution < 1.29 is 22.7 Å². The second-order valence-corrected chi connectivity index (χ2v) is 7.31. The normalized spacial score (nSPS) is 10.9. The van der Waals surface area contributed by atoms with E-state index in [1.807, 2.05) is 0 Å². The summed E-state index contributed by atoms with van der Waals surface area (Å²) in [6.45, 7) is 1.69. The number of halogens is 1. The number of methoxy groups -OCH3 is 2. The first-order valence-corrected chi connectivity index (χ1v) is 9.51. The van der Waals surface area contributed by atoms with Gasteiger partial charge < -0.3 is 14.8 Å². The Balaban J connectivity index is 2.34. The van der Waals surface area contributed by atoms with Crippen LogP contribution in [0.15, 0.2) is 41.3 Å². The summed E-state index contributed by atoms with van der Waals surface area (Å²) in [5, 5.41) is 2.89. The third-order valence-electron chi connectivity index (χ3n) is 3.48. The maximum atomic E-state index is 12.6. The molecule has 0 saturated heterocycles. The molecule has 0 bridgehead atoms. The van der Waals surface area contributed by atoms with E-state index < -0.39 is 10.0 Å². The Morgan fingerprint density at radius 3 is 2.31 bits per heavy atom. The highest BCUT2D eigenvalue weighted by Gasteiger charge is 2.18. The number of amides is 1.